The highest BCUT2D eigenvalue weighted by molar-refractivity contribution is 5.73. The summed E-state index contributed by atoms with van der Waals surface area (Å²) in [6, 6.07) is 0.474. The van der Waals surface area contributed by atoms with E-state index in [4.69, 9.17) is 0 Å². The maximum absolute atomic E-state index is 11.5. The van der Waals surface area contributed by atoms with E-state index in [0.29, 0.717) is 6.04 Å². The number of amides is 1. The van der Waals surface area contributed by atoms with Crippen molar-refractivity contribution in [3.05, 3.63) is 0 Å². The molecule has 1 aromatic rings. The zero-order valence-corrected chi connectivity index (χ0v) is 12.9. The fraction of sp³-hybridized carbons (Fsp3) is 0.857. The number of tetrazole rings is 1. The van der Waals surface area contributed by atoms with Gasteiger partial charge in [-0.25, -0.2) is 4.68 Å². The van der Waals surface area contributed by atoms with Crippen molar-refractivity contribution in [1.82, 2.24) is 25.1 Å². The standard InChI is InChI=1S/C14H24N6O/c1-3-5-12-10-13(12)20-14(15-16-17-20)19-7-4-6-18(8-9-19)11(2)21/h12-13H,3-10H2,1-2H3/t12-,13-/m1/s1. The average molecular weight is 292 g/mol. The van der Waals surface area contributed by atoms with Crippen LogP contribution >= 0.6 is 0 Å². The molecule has 0 spiro atoms. The Morgan fingerprint density at radius 1 is 1.29 bits per heavy atom. The molecule has 1 aliphatic carbocycles. The van der Waals surface area contributed by atoms with Crippen molar-refractivity contribution in [3.8, 4) is 0 Å². The zero-order chi connectivity index (χ0) is 14.8. The van der Waals surface area contributed by atoms with Gasteiger partial charge < -0.3 is 9.80 Å². The average Bonchev–Trinajstić information content (AvgIpc) is 3.13. The first-order valence-electron chi connectivity index (χ1n) is 7.99. The Balaban J connectivity index is 1.67. The fourth-order valence-electron chi connectivity index (χ4n) is 3.26. The van der Waals surface area contributed by atoms with Gasteiger partial charge in [-0.1, -0.05) is 18.4 Å². The summed E-state index contributed by atoms with van der Waals surface area (Å²) in [4.78, 5) is 15.6. The Labute approximate surface area is 125 Å². The largest absolute Gasteiger partial charge is 0.341 e. The summed E-state index contributed by atoms with van der Waals surface area (Å²) >= 11 is 0. The molecule has 1 saturated carbocycles. The highest BCUT2D eigenvalue weighted by Gasteiger charge is 2.41. The molecule has 1 aromatic heterocycles. The Bertz CT molecular complexity index is 501. The lowest BCUT2D eigenvalue weighted by molar-refractivity contribution is -0.128. The van der Waals surface area contributed by atoms with Gasteiger partial charge in [-0.15, -0.1) is 0 Å². The monoisotopic (exact) mass is 292 g/mol. The normalized spacial score (nSPS) is 25.8. The summed E-state index contributed by atoms with van der Waals surface area (Å²) < 4.78 is 2.00. The van der Waals surface area contributed by atoms with Crippen LogP contribution in [0.5, 0.6) is 0 Å². The van der Waals surface area contributed by atoms with Crippen molar-refractivity contribution >= 4 is 11.9 Å². The zero-order valence-electron chi connectivity index (χ0n) is 12.9. The molecule has 0 unspecified atom stereocenters. The lowest BCUT2D eigenvalue weighted by atomic mass is 10.2. The third-order valence-corrected chi connectivity index (χ3v) is 4.56. The maximum Gasteiger partial charge on any atom is 0.245 e. The third kappa shape index (κ3) is 3.01. The van der Waals surface area contributed by atoms with Crippen LogP contribution in [0.1, 0.15) is 45.6 Å². The quantitative estimate of drug-likeness (QED) is 0.831. The molecular formula is C14H24N6O. The first-order valence-corrected chi connectivity index (χ1v) is 7.99. The van der Waals surface area contributed by atoms with Gasteiger partial charge in [0.15, 0.2) is 0 Å². The van der Waals surface area contributed by atoms with Crippen LogP contribution in [0.25, 0.3) is 0 Å². The maximum atomic E-state index is 11.5. The molecule has 2 aliphatic rings. The highest BCUT2D eigenvalue weighted by Crippen LogP contribution is 2.47. The minimum Gasteiger partial charge on any atom is -0.341 e. The predicted octanol–water partition coefficient (Wildman–Crippen LogP) is 1.09. The van der Waals surface area contributed by atoms with E-state index >= 15 is 0 Å². The van der Waals surface area contributed by atoms with Gasteiger partial charge in [0.1, 0.15) is 0 Å². The molecule has 0 N–H and O–H groups in total. The second-order valence-corrected chi connectivity index (χ2v) is 6.12. The predicted molar refractivity (Wildman–Crippen MR) is 79.0 cm³/mol. The van der Waals surface area contributed by atoms with Gasteiger partial charge in [-0.05, 0) is 35.6 Å². The molecule has 21 heavy (non-hydrogen) atoms. The minimum atomic E-state index is 0.154. The number of carbonyl (C=O) groups is 1. The van der Waals surface area contributed by atoms with E-state index in [0.717, 1.165) is 44.5 Å². The fourth-order valence-corrected chi connectivity index (χ4v) is 3.26. The van der Waals surface area contributed by atoms with E-state index in [-0.39, 0.29) is 5.91 Å². The summed E-state index contributed by atoms with van der Waals surface area (Å²) in [5, 5.41) is 12.3. The molecule has 0 aromatic carbocycles. The topological polar surface area (TPSA) is 67.2 Å². The molecule has 2 fully saturated rings. The van der Waals surface area contributed by atoms with E-state index in [1.807, 2.05) is 9.58 Å². The van der Waals surface area contributed by atoms with Crippen molar-refractivity contribution in [1.29, 1.82) is 0 Å². The van der Waals surface area contributed by atoms with Gasteiger partial charge in [0, 0.05) is 33.1 Å². The Hall–Kier alpha value is -1.66. The van der Waals surface area contributed by atoms with Gasteiger partial charge in [0.2, 0.25) is 11.9 Å². The van der Waals surface area contributed by atoms with Gasteiger partial charge in [-0.3, -0.25) is 4.79 Å². The van der Waals surface area contributed by atoms with Crippen LogP contribution in [-0.4, -0.2) is 57.2 Å². The lowest BCUT2D eigenvalue weighted by Crippen LogP contribution is -2.34. The van der Waals surface area contributed by atoms with E-state index in [1.165, 1.54) is 19.3 Å². The summed E-state index contributed by atoms with van der Waals surface area (Å²) in [6.45, 7) is 7.17. The smallest absolute Gasteiger partial charge is 0.245 e. The number of hydrogen-bond donors (Lipinski definition) is 0. The van der Waals surface area contributed by atoms with Crippen LogP contribution in [0.3, 0.4) is 0 Å². The van der Waals surface area contributed by atoms with Crippen LogP contribution in [0.15, 0.2) is 0 Å². The number of carbonyl (C=O) groups excluding carboxylic acids is 1. The number of aromatic nitrogens is 4. The SMILES string of the molecule is CCC[C@@H]1C[C@H]1n1nnnc1N1CCCN(C(C)=O)CC1. The van der Waals surface area contributed by atoms with Crippen molar-refractivity contribution < 1.29 is 4.79 Å². The first-order chi connectivity index (χ1) is 10.2. The molecule has 0 radical (unpaired) electrons. The Morgan fingerprint density at radius 3 is 2.90 bits per heavy atom. The van der Waals surface area contributed by atoms with Crippen LogP contribution < -0.4 is 4.90 Å². The van der Waals surface area contributed by atoms with E-state index in [2.05, 4.69) is 27.3 Å². The molecule has 1 aliphatic heterocycles. The van der Waals surface area contributed by atoms with E-state index in [1.54, 1.807) is 6.92 Å². The van der Waals surface area contributed by atoms with Gasteiger partial charge in [-0.2, -0.15) is 0 Å². The lowest BCUT2D eigenvalue weighted by Gasteiger charge is -2.21. The van der Waals surface area contributed by atoms with E-state index in [9.17, 15) is 4.79 Å². The Morgan fingerprint density at radius 2 is 2.14 bits per heavy atom. The molecule has 2 heterocycles. The molecule has 3 rings (SSSR count). The van der Waals surface area contributed by atoms with Crippen molar-refractivity contribution in [2.45, 2.75) is 45.6 Å². The molecule has 7 nitrogen and oxygen atoms in total. The summed E-state index contributed by atoms with van der Waals surface area (Å²) in [5.41, 5.74) is 0. The number of anilines is 1. The van der Waals surface area contributed by atoms with Crippen LogP contribution in [0, 0.1) is 5.92 Å². The summed E-state index contributed by atoms with van der Waals surface area (Å²) in [5.74, 6) is 1.77. The summed E-state index contributed by atoms with van der Waals surface area (Å²) in [6.07, 6.45) is 4.63. The van der Waals surface area contributed by atoms with Gasteiger partial charge in [0.25, 0.3) is 0 Å². The van der Waals surface area contributed by atoms with Gasteiger partial charge >= 0.3 is 0 Å². The minimum absolute atomic E-state index is 0.154. The molecule has 1 amide bonds. The van der Waals surface area contributed by atoms with Crippen LogP contribution in [0.4, 0.5) is 5.95 Å². The van der Waals surface area contributed by atoms with E-state index < -0.39 is 0 Å². The van der Waals surface area contributed by atoms with Crippen LogP contribution in [0.2, 0.25) is 0 Å². The first kappa shape index (κ1) is 14.3. The molecule has 2 atom stereocenters. The number of rotatable bonds is 4. The molecule has 0 bridgehead atoms. The molecule has 7 heteroatoms. The second-order valence-electron chi connectivity index (χ2n) is 6.12. The van der Waals surface area contributed by atoms with Crippen molar-refractivity contribution in [2.24, 2.45) is 5.92 Å². The molecular weight excluding hydrogens is 268 g/mol. The Kier molecular flexibility index (Phi) is 4.07. The highest BCUT2D eigenvalue weighted by atomic mass is 16.2. The van der Waals surface area contributed by atoms with Crippen LogP contribution in [-0.2, 0) is 4.79 Å². The number of hydrogen-bond acceptors (Lipinski definition) is 5. The number of nitrogens with zero attached hydrogens (tertiary/aromatic N) is 6. The third-order valence-electron chi connectivity index (χ3n) is 4.56. The molecule has 116 valence electrons. The van der Waals surface area contributed by atoms with Crippen molar-refractivity contribution in [2.75, 3.05) is 31.1 Å². The van der Waals surface area contributed by atoms with Crippen molar-refractivity contribution in [3.63, 3.8) is 0 Å². The van der Waals surface area contributed by atoms with Gasteiger partial charge in [0.05, 0.1) is 6.04 Å². The summed E-state index contributed by atoms with van der Waals surface area (Å²) in [7, 11) is 0. The molecule has 1 saturated heterocycles. The second kappa shape index (κ2) is 5.99.